The van der Waals surface area contributed by atoms with Crippen LogP contribution >= 0.6 is 0 Å². The molecule has 3 nitrogen and oxygen atoms in total. The third-order valence-corrected chi connectivity index (χ3v) is 8.97. The number of fused-ring (bicyclic) bond motifs is 4. The predicted molar refractivity (Wildman–Crippen MR) is 148 cm³/mol. The number of hydrogen-bond acceptors (Lipinski definition) is 2. The summed E-state index contributed by atoms with van der Waals surface area (Å²) >= 11 is 0. The lowest BCUT2D eigenvalue weighted by Gasteiger charge is -2.19. The van der Waals surface area contributed by atoms with Crippen molar-refractivity contribution in [1.29, 1.82) is 5.26 Å². The molecule has 2 aliphatic carbocycles. The first kappa shape index (κ1) is 22.3. The monoisotopic (exact) mass is 483 g/mol. The number of hydrogen-bond donors (Lipinski definition) is 0. The summed E-state index contributed by atoms with van der Waals surface area (Å²) < 4.78 is 8.90. The summed E-state index contributed by atoms with van der Waals surface area (Å²) in [4.78, 5) is 0. The van der Waals surface area contributed by atoms with E-state index in [0.29, 0.717) is 11.5 Å². The molecule has 1 fully saturated rings. The Morgan fingerprint density at radius 1 is 0.892 bits per heavy atom. The predicted octanol–water partition coefficient (Wildman–Crippen LogP) is 8.14. The fourth-order valence-electron chi connectivity index (χ4n) is 7.14. The zero-order valence-electron chi connectivity index (χ0n) is 21.6. The molecule has 1 unspecified atom stereocenters. The van der Waals surface area contributed by atoms with Crippen LogP contribution in [0.3, 0.4) is 0 Å². The SMILES string of the molecule is Cc1ccc2c(oc3c(-c4ccc5c(c4)CCC5C4CCCC4)c(C#N)ccc32)c1-c1cccc[n+]1C. The Morgan fingerprint density at radius 3 is 2.46 bits per heavy atom. The van der Waals surface area contributed by atoms with E-state index in [1.165, 1.54) is 43.2 Å². The smallest absolute Gasteiger partial charge is 0.216 e. The maximum absolute atomic E-state index is 10.1. The zero-order chi connectivity index (χ0) is 25.1. The van der Waals surface area contributed by atoms with Crippen LogP contribution in [0.4, 0.5) is 0 Å². The Labute approximate surface area is 218 Å². The van der Waals surface area contributed by atoms with Crippen molar-refractivity contribution in [3.8, 4) is 28.5 Å². The van der Waals surface area contributed by atoms with Gasteiger partial charge in [-0.05, 0) is 84.9 Å². The molecule has 0 bridgehead atoms. The molecule has 0 aliphatic heterocycles. The largest absolute Gasteiger partial charge is 0.454 e. The lowest BCUT2D eigenvalue weighted by Crippen LogP contribution is -2.30. The van der Waals surface area contributed by atoms with Crippen molar-refractivity contribution >= 4 is 21.9 Å². The second-order valence-electron chi connectivity index (χ2n) is 11.0. The Bertz CT molecular complexity index is 1730. The first-order valence-corrected chi connectivity index (χ1v) is 13.6. The molecular formula is C34H31N2O+. The summed E-state index contributed by atoms with van der Waals surface area (Å²) in [5.41, 5.74) is 10.8. The van der Waals surface area contributed by atoms with Gasteiger partial charge in [0, 0.05) is 28.5 Å². The molecule has 37 heavy (non-hydrogen) atoms. The summed E-state index contributed by atoms with van der Waals surface area (Å²) in [5, 5.41) is 12.3. The van der Waals surface area contributed by atoms with Gasteiger partial charge in [0.1, 0.15) is 18.2 Å². The van der Waals surface area contributed by atoms with Gasteiger partial charge >= 0.3 is 0 Å². The van der Waals surface area contributed by atoms with E-state index in [-0.39, 0.29) is 0 Å². The topological polar surface area (TPSA) is 40.8 Å². The highest BCUT2D eigenvalue weighted by Crippen LogP contribution is 2.47. The van der Waals surface area contributed by atoms with Crippen LogP contribution in [0.5, 0.6) is 0 Å². The minimum atomic E-state index is 0.667. The van der Waals surface area contributed by atoms with Crippen molar-refractivity contribution in [2.75, 3.05) is 0 Å². The number of furan rings is 1. The molecule has 2 heterocycles. The number of nitriles is 1. The van der Waals surface area contributed by atoms with E-state index >= 15 is 0 Å². The van der Waals surface area contributed by atoms with Crippen LogP contribution in [-0.4, -0.2) is 0 Å². The molecule has 3 heteroatoms. The maximum Gasteiger partial charge on any atom is 0.216 e. The first-order chi connectivity index (χ1) is 18.1. The number of aromatic nitrogens is 1. The molecule has 0 amide bonds. The fourth-order valence-corrected chi connectivity index (χ4v) is 7.14. The van der Waals surface area contributed by atoms with Crippen molar-refractivity contribution < 1.29 is 8.98 Å². The van der Waals surface area contributed by atoms with Crippen LogP contribution in [0, 0.1) is 24.2 Å². The van der Waals surface area contributed by atoms with Crippen LogP contribution in [0.15, 0.2) is 71.3 Å². The van der Waals surface area contributed by atoms with E-state index in [2.05, 4.69) is 79.3 Å². The molecule has 0 spiro atoms. The van der Waals surface area contributed by atoms with E-state index in [0.717, 1.165) is 56.7 Å². The van der Waals surface area contributed by atoms with Gasteiger partial charge in [0.2, 0.25) is 5.69 Å². The highest BCUT2D eigenvalue weighted by Gasteiger charge is 2.32. The van der Waals surface area contributed by atoms with Gasteiger partial charge in [-0.25, -0.2) is 4.57 Å². The van der Waals surface area contributed by atoms with Crippen molar-refractivity contribution in [3.05, 3.63) is 89.1 Å². The van der Waals surface area contributed by atoms with Crippen molar-refractivity contribution in [2.24, 2.45) is 13.0 Å². The summed E-state index contributed by atoms with van der Waals surface area (Å²) in [7, 11) is 2.07. The van der Waals surface area contributed by atoms with Gasteiger partial charge in [0.25, 0.3) is 0 Å². The van der Waals surface area contributed by atoms with Gasteiger partial charge in [-0.15, -0.1) is 0 Å². The average molecular weight is 484 g/mol. The molecule has 0 radical (unpaired) electrons. The average Bonchev–Trinajstić information content (AvgIpc) is 3.66. The lowest BCUT2D eigenvalue weighted by atomic mass is 9.85. The highest BCUT2D eigenvalue weighted by atomic mass is 16.3. The molecular weight excluding hydrogens is 452 g/mol. The molecule has 7 rings (SSSR count). The molecule has 1 atom stereocenters. The first-order valence-electron chi connectivity index (χ1n) is 13.6. The van der Waals surface area contributed by atoms with Crippen LogP contribution in [0.1, 0.15) is 60.3 Å². The standard InChI is InChI=1S/C34H31N2O/c1-21-10-14-28-29-17-13-25(20-35)32(34(29)37-33(28)31(21)30-9-5-6-18-36(30)2)24-12-16-27-23(19-24)11-15-26(27)22-7-3-4-8-22/h5-6,9-10,12-14,16-19,22,26H,3-4,7-8,11,15H2,1-2H3/q+1. The van der Waals surface area contributed by atoms with Gasteiger partial charge in [0.15, 0.2) is 6.20 Å². The van der Waals surface area contributed by atoms with Gasteiger partial charge < -0.3 is 4.42 Å². The molecule has 182 valence electrons. The van der Waals surface area contributed by atoms with Gasteiger partial charge in [-0.1, -0.05) is 43.2 Å². The molecule has 0 N–H and O–H groups in total. The zero-order valence-corrected chi connectivity index (χ0v) is 21.6. The van der Waals surface area contributed by atoms with Gasteiger partial charge in [-0.2, -0.15) is 5.26 Å². The number of nitrogens with zero attached hydrogens (tertiary/aromatic N) is 2. The summed E-state index contributed by atoms with van der Waals surface area (Å²) in [6.07, 6.45) is 10.00. The Kier molecular flexibility index (Phi) is 5.18. The van der Waals surface area contributed by atoms with Crippen molar-refractivity contribution in [1.82, 2.24) is 0 Å². The third kappa shape index (κ3) is 3.43. The summed E-state index contributed by atoms with van der Waals surface area (Å²) in [6.45, 7) is 2.14. The van der Waals surface area contributed by atoms with Crippen molar-refractivity contribution in [3.63, 3.8) is 0 Å². The van der Waals surface area contributed by atoms with Crippen LogP contribution in [0.25, 0.3) is 44.3 Å². The number of benzene rings is 3. The Hall–Kier alpha value is -3.90. The van der Waals surface area contributed by atoms with E-state index < -0.39 is 0 Å². The molecule has 0 saturated heterocycles. The summed E-state index contributed by atoms with van der Waals surface area (Å²) in [6, 6.07) is 24.0. The second-order valence-corrected chi connectivity index (χ2v) is 11.0. The Balaban J connectivity index is 1.44. The number of pyridine rings is 1. The molecule has 2 aromatic heterocycles. The minimum absolute atomic E-state index is 0.667. The van der Waals surface area contributed by atoms with Gasteiger partial charge in [-0.3, -0.25) is 0 Å². The van der Waals surface area contributed by atoms with E-state index in [1.54, 1.807) is 5.56 Å². The third-order valence-electron chi connectivity index (χ3n) is 8.97. The lowest BCUT2D eigenvalue weighted by molar-refractivity contribution is -0.660. The minimum Gasteiger partial charge on any atom is -0.454 e. The molecule has 1 saturated carbocycles. The van der Waals surface area contributed by atoms with E-state index in [4.69, 9.17) is 4.42 Å². The van der Waals surface area contributed by atoms with Crippen LogP contribution in [-0.2, 0) is 13.5 Å². The molecule has 2 aliphatic rings. The summed E-state index contributed by atoms with van der Waals surface area (Å²) in [5.74, 6) is 1.56. The maximum atomic E-state index is 10.1. The van der Waals surface area contributed by atoms with Crippen LogP contribution in [0.2, 0.25) is 0 Å². The van der Waals surface area contributed by atoms with Gasteiger partial charge in [0.05, 0.1) is 17.2 Å². The Morgan fingerprint density at radius 2 is 1.68 bits per heavy atom. The van der Waals surface area contributed by atoms with Crippen molar-refractivity contribution in [2.45, 2.75) is 51.4 Å². The molecule has 3 aromatic carbocycles. The number of rotatable bonds is 3. The normalized spacial score (nSPS) is 17.5. The second kappa shape index (κ2) is 8.60. The van der Waals surface area contributed by atoms with E-state index in [1.807, 2.05) is 12.1 Å². The quantitative estimate of drug-likeness (QED) is 0.243. The highest BCUT2D eigenvalue weighted by molar-refractivity contribution is 6.14. The fraction of sp³-hybridized carbons (Fsp3) is 0.294. The van der Waals surface area contributed by atoms with Crippen LogP contribution < -0.4 is 4.57 Å². The number of aryl methyl sites for hydroxylation is 3. The molecule has 5 aromatic rings. The van der Waals surface area contributed by atoms with E-state index in [9.17, 15) is 5.26 Å².